The summed E-state index contributed by atoms with van der Waals surface area (Å²) in [6, 6.07) is 7.70. The summed E-state index contributed by atoms with van der Waals surface area (Å²) in [5, 5.41) is 6.83. The molecule has 1 unspecified atom stereocenters. The molecule has 1 saturated heterocycles. The van der Waals surface area contributed by atoms with E-state index in [0.717, 1.165) is 31.4 Å². The van der Waals surface area contributed by atoms with Gasteiger partial charge in [0, 0.05) is 25.2 Å². The highest BCUT2D eigenvalue weighted by molar-refractivity contribution is 6.30. The van der Waals surface area contributed by atoms with Crippen molar-refractivity contribution in [3.05, 3.63) is 46.4 Å². The quantitative estimate of drug-likeness (QED) is 0.495. The van der Waals surface area contributed by atoms with Gasteiger partial charge < -0.3 is 25.3 Å². The molecule has 2 heterocycles. The first-order valence-electron chi connectivity index (χ1n) is 11.7. The van der Waals surface area contributed by atoms with Gasteiger partial charge >= 0.3 is 0 Å². The van der Waals surface area contributed by atoms with E-state index in [4.69, 9.17) is 11.6 Å². The molecule has 0 saturated carbocycles. The Balaban J connectivity index is 1.78. The van der Waals surface area contributed by atoms with Crippen molar-refractivity contribution in [2.75, 3.05) is 33.2 Å². The van der Waals surface area contributed by atoms with Crippen LogP contribution in [0, 0.1) is 0 Å². The molecule has 2 amide bonds. The summed E-state index contributed by atoms with van der Waals surface area (Å²) in [6.07, 6.45) is 7.23. The highest BCUT2D eigenvalue weighted by atomic mass is 35.5. The summed E-state index contributed by atoms with van der Waals surface area (Å²) in [5.74, 6) is 0.404. The van der Waals surface area contributed by atoms with Crippen molar-refractivity contribution in [3.63, 3.8) is 0 Å². The van der Waals surface area contributed by atoms with Crippen LogP contribution in [0.25, 0.3) is 0 Å². The second-order valence-electron chi connectivity index (χ2n) is 8.67. The molecule has 2 N–H and O–H groups in total. The number of hydrogen-bond donors (Lipinski definition) is 2. The first kappa shape index (κ1) is 24.4. The Bertz CT molecular complexity index is 792. The number of carbonyl (C=O) groups excluding carboxylic acids is 2. The van der Waals surface area contributed by atoms with Crippen LogP contribution in [0.1, 0.15) is 51.0 Å². The van der Waals surface area contributed by atoms with E-state index in [9.17, 15) is 9.59 Å². The van der Waals surface area contributed by atoms with Crippen molar-refractivity contribution in [2.24, 2.45) is 0 Å². The zero-order chi connectivity index (χ0) is 22.9. The zero-order valence-electron chi connectivity index (χ0n) is 19.3. The van der Waals surface area contributed by atoms with E-state index < -0.39 is 0 Å². The first-order chi connectivity index (χ1) is 15.5. The number of rotatable bonds is 11. The molecule has 0 aliphatic carbocycles. The molecular weight excluding hydrogens is 426 g/mol. The minimum absolute atomic E-state index is 0.0631. The van der Waals surface area contributed by atoms with Crippen molar-refractivity contribution >= 4 is 23.9 Å². The second kappa shape index (κ2) is 12.1. The summed E-state index contributed by atoms with van der Waals surface area (Å²) in [5.41, 5.74) is 1.58. The number of nitrogens with one attached hydrogen (secondary N) is 2. The van der Waals surface area contributed by atoms with E-state index in [2.05, 4.69) is 20.4 Å². The van der Waals surface area contributed by atoms with Gasteiger partial charge in [-0.05, 0) is 69.4 Å². The van der Waals surface area contributed by atoms with E-state index >= 15 is 0 Å². The fraction of sp³-hybridized carbons (Fsp3) is 0.583. The van der Waals surface area contributed by atoms with Gasteiger partial charge in [0.25, 0.3) is 5.91 Å². The number of carbonyl (C=O) groups is 2. The molecule has 1 atom stereocenters. The normalized spacial score (nSPS) is 19.1. The molecule has 8 heteroatoms. The Labute approximate surface area is 196 Å². The van der Waals surface area contributed by atoms with Gasteiger partial charge in [0.15, 0.2) is 0 Å². The summed E-state index contributed by atoms with van der Waals surface area (Å²) >= 11 is 6.07. The van der Waals surface area contributed by atoms with Gasteiger partial charge in [0.2, 0.25) is 6.41 Å². The fourth-order valence-corrected chi connectivity index (χ4v) is 4.65. The minimum Gasteiger partial charge on any atom is -0.350 e. The summed E-state index contributed by atoms with van der Waals surface area (Å²) in [6.45, 7) is 6.67. The Morgan fingerprint density at radius 2 is 1.97 bits per heavy atom. The van der Waals surface area contributed by atoms with Gasteiger partial charge in [0.05, 0.1) is 0 Å². The van der Waals surface area contributed by atoms with Crippen LogP contribution in [0.4, 0.5) is 0 Å². The smallest absolute Gasteiger partial charge is 0.273 e. The molecule has 0 aromatic heterocycles. The molecule has 1 fully saturated rings. The number of likely N-dealkylation sites (tertiary alicyclic amines) is 1. The maximum Gasteiger partial charge on any atom is 0.273 e. The lowest BCUT2D eigenvalue weighted by atomic mass is 10.1. The van der Waals surface area contributed by atoms with Crippen LogP contribution in [0.3, 0.4) is 0 Å². The summed E-state index contributed by atoms with van der Waals surface area (Å²) < 4.78 is 0. The molecule has 0 radical (unpaired) electrons. The van der Waals surface area contributed by atoms with E-state index in [0.29, 0.717) is 36.0 Å². The van der Waals surface area contributed by atoms with E-state index in [1.807, 2.05) is 38.2 Å². The number of piperidine rings is 1. The van der Waals surface area contributed by atoms with Gasteiger partial charge in [-0.15, -0.1) is 0 Å². The zero-order valence-corrected chi connectivity index (χ0v) is 20.0. The average Bonchev–Trinajstić information content (AvgIpc) is 3.12. The Morgan fingerprint density at radius 3 is 2.62 bits per heavy atom. The maximum absolute atomic E-state index is 13.3. The summed E-state index contributed by atoms with van der Waals surface area (Å²) in [7, 11) is 1.81. The van der Waals surface area contributed by atoms with Crippen molar-refractivity contribution in [2.45, 2.75) is 58.2 Å². The number of nitrogens with zero attached hydrogens (tertiary/aromatic N) is 3. The lowest BCUT2D eigenvalue weighted by molar-refractivity contribution is -0.127. The summed E-state index contributed by atoms with van der Waals surface area (Å²) in [4.78, 5) is 31.0. The van der Waals surface area contributed by atoms with E-state index in [1.165, 1.54) is 32.4 Å². The Morgan fingerprint density at radius 1 is 1.25 bits per heavy atom. The molecule has 3 rings (SSSR count). The molecule has 0 spiro atoms. The standard InChI is InChI=1S/C24H36ClN5O2/c1-3-13-28(2)24(32)22-23(26-18-31)27-21(8-7-16-29-14-5-4-6-15-29)30(22)17-19-9-11-20(25)12-10-19/h9-12,18,21,27H,3-8,13-17H2,1-2H3,(H,26,31). The van der Waals surface area contributed by atoms with Crippen LogP contribution < -0.4 is 10.6 Å². The molecular formula is C24H36ClN5O2. The van der Waals surface area contributed by atoms with Crippen LogP contribution in [0.15, 0.2) is 35.8 Å². The molecule has 1 aromatic carbocycles. The van der Waals surface area contributed by atoms with Crippen LogP contribution in [-0.4, -0.2) is 66.4 Å². The number of benzene rings is 1. The molecule has 32 heavy (non-hydrogen) atoms. The third kappa shape index (κ3) is 6.39. The maximum atomic E-state index is 13.3. The third-order valence-corrected chi connectivity index (χ3v) is 6.44. The monoisotopic (exact) mass is 461 g/mol. The number of halogens is 1. The highest BCUT2D eigenvalue weighted by Gasteiger charge is 2.36. The molecule has 2 aliphatic heterocycles. The second-order valence-corrected chi connectivity index (χ2v) is 9.11. The van der Waals surface area contributed by atoms with Gasteiger partial charge in [-0.1, -0.05) is 37.1 Å². The topological polar surface area (TPSA) is 67.9 Å². The fourth-order valence-electron chi connectivity index (χ4n) is 4.52. The van der Waals surface area contributed by atoms with Crippen LogP contribution in [-0.2, 0) is 16.1 Å². The van der Waals surface area contributed by atoms with Crippen molar-refractivity contribution in [1.82, 2.24) is 25.3 Å². The minimum atomic E-state index is -0.0869. The highest BCUT2D eigenvalue weighted by Crippen LogP contribution is 2.27. The number of amides is 2. The van der Waals surface area contributed by atoms with Crippen LogP contribution >= 0.6 is 11.6 Å². The lowest BCUT2D eigenvalue weighted by Gasteiger charge is -2.31. The van der Waals surface area contributed by atoms with Gasteiger partial charge in [-0.25, -0.2) is 0 Å². The van der Waals surface area contributed by atoms with Crippen molar-refractivity contribution in [1.29, 1.82) is 0 Å². The Kier molecular flexibility index (Phi) is 9.23. The number of hydrogen-bond acceptors (Lipinski definition) is 5. The Hall–Kier alpha value is -2.25. The van der Waals surface area contributed by atoms with E-state index in [1.54, 1.807) is 4.90 Å². The molecule has 1 aromatic rings. The third-order valence-electron chi connectivity index (χ3n) is 6.19. The van der Waals surface area contributed by atoms with Crippen molar-refractivity contribution in [3.8, 4) is 0 Å². The van der Waals surface area contributed by atoms with Gasteiger partial charge in [-0.3, -0.25) is 9.59 Å². The van der Waals surface area contributed by atoms with Crippen molar-refractivity contribution < 1.29 is 9.59 Å². The predicted octanol–water partition coefficient (Wildman–Crippen LogP) is 3.12. The van der Waals surface area contributed by atoms with Gasteiger partial charge in [0.1, 0.15) is 17.7 Å². The largest absolute Gasteiger partial charge is 0.350 e. The number of likely N-dealkylation sites (N-methyl/N-ethyl adjacent to an activating group) is 1. The van der Waals surface area contributed by atoms with Crippen LogP contribution in [0.5, 0.6) is 0 Å². The first-order valence-corrected chi connectivity index (χ1v) is 12.1. The predicted molar refractivity (Wildman–Crippen MR) is 128 cm³/mol. The average molecular weight is 462 g/mol. The van der Waals surface area contributed by atoms with E-state index in [-0.39, 0.29) is 12.1 Å². The molecule has 0 bridgehead atoms. The van der Waals surface area contributed by atoms with Crippen LogP contribution in [0.2, 0.25) is 5.02 Å². The molecule has 176 valence electrons. The SMILES string of the molecule is CCCN(C)C(=O)C1=C(NC=O)NC(CCCN2CCCCC2)N1Cc1ccc(Cl)cc1. The molecule has 7 nitrogen and oxygen atoms in total. The lowest BCUT2D eigenvalue weighted by Crippen LogP contribution is -2.41. The van der Waals surface area contributed by atoms with Gasteiger partial charge in [-0.2, -0.15) is 0 Å². The molecule has 2 aliphatic rings.